The molecule has 6 aromatic rings. The molecule has 0 saturated heterocycles. The Kier molecular flexibility index (Phi) is 8.74. The van der Waals surface area contributed by atoms with Crippen molar-refractivity contribution in [2.24, 2.45) is 0 Å². The van der Waals surface area contributed by atoms with Crippen molar-refractivity contribution in [3.05, 3.63) is 142 Å². The van der Waals surface area contributed by atoms with Gasteiger partial charge in [0.2, 0.25) is 0 Å². The van der Waals surface area contributed by atoms with Crippen molar-refractivity contribution in [3.8, 4) is 39.6 Å². The van der Waals surface area contributed by atoms with Crippen LogP contribution in [0.4, 0.5) is 18.9 Å². The summed E-state index contributed by atoms with van der Waals surface area (Å²) >= 11 is 6.60. The molecule has 0 atom stereocenters. The minimum absolute atomic E-state index is 0.0128. The summed E-state index contributed by atoms with van der Waals surface area (Å²) < 4.78 is 76.7. The number of rotatable bonds is 7. The summed E-state index contributed by atoms with van der Waals surface area (Å²) in [6.07, 6.45) is -2.83. The number of halogens is 4. The average Bonchev–Trinajstić information content (AvgIpc) is 3.45. The quantitative estimate of drug-likeness (QED) is 0.122. The molecule has 0 fully saturated rings. The third-order valence-electron chi connectivity index (χ3n) is 7.93. The van der Waals surface area contributed by atoms with Crippen molar-refractivity contribution in [1.29, 1.82) is 5.26 Å². The van der Waals surface area contributed by atoms with Gasteiger partial charge in [-0.25, -0.2) is 35.2 Å². The SMILES string of the molecule is [C-]#[N+]c1cccc(C#N)c1-c1c(-c2cccc(-c3ccc(C(=O)OC)cc3Cl)c2)n(S(=O)(=O)c2ccc(C(F)F)cc2)c2ccc(F)cc12. The highest BCUT2D eigenvalue weighted by Gasteiger charge is 2.31. The van der Waals surface area contributed by atoms with E-state index in [4.69, 9.17) is 22.9 Å². The highest BCUT2D eigenvalue weighted by atomic mass is 35.5. The van der Waals surface area contributed by atoms with Gasteiger partial charge in [0.15, 0.2) is 5.69 Å². The third kappa shape index (κ3) is 5.80. The zero-order chi connectivity index (χ0) is 35.0. The maximum Gasteiger partial charge on any atom is 0.337 e. The lowest BCUT2D eigenvalue weighted by molar-refractivity contribution is 0.0600. The molecule has 49 heavy (non-hydrogen) atoms. The molecule has 0 aliphatic carbocycles. The number of carbonyl (C=O) groups excluding carboxylic acids is 1. The van der Waals surface area contributed by atoms with Gasteiger partial charge < -0.3 is 4.74 Å². The predicted octanol–water partition coefficient (Wildman–Crippen LogP) is 9.82. The van der Waals surface area contributed by atoms with Crippen molar-refractivity contribution in [2.45, 2.75) is 11.3 Å². The van der Waals surface area contributed by atoms with Crippen LogP contribution in [0.2, 0.25) is 5.02 Å². The normalized spacial score (nSPS) is 11.3. The van der Waals surface area contributed by atoms with E-state index in [0.29, 0.717) is 11.1 Å². The molecule has 0 amide bonds. The summed E-state index contributed by atoms with van der Waals surface area (Å²) in [5.41, 5.74) is 1.30. The minimum Gasteiger partial charge on any atom is -0.465 e. The largest absolute Gasteiger partial charge is 0.465 e. The van der Waals surface area contributed by atoms with E-state index < -0.39 is 28.2 Å². The molecular formula is C37H21ClF3N3O4S. The Bertz CT molecular complexity index is 2470. The fourth-order valence-corrected chi connectivity index (χ4v) is 7.54. The molecule has 0 N–H and O–H groups in total. The molecule has 12 heteroatoms. The molecule has 6 rings (SSSR count). The van der Waals surface area contributed by atoms with E-state index in [1.807, 2.05) is 0 Å². The number of carbonyl (C=O) groups is 1. The van der Waals surface area contributed by atoms with Crippen LogP contribution in [0, 0.1) is 23.7 Å². The van der Waals surface area contributed by atoms with Gasteiger partial charge in [-0.3, -0.25) is 0 Å². The van der Waals surface area contributed by atoms with Crippen molar-refractivity contribution in [3.63, 3.8) is 0 Å². The second-order valence-corrected chi connectivity index (χ2v) is 12.9. The molecule has 0 spiro atoms. The van der Waals surface area contributed by atoms with E-state index in [2.05, 4.69) is 10.9 Å². The van der Waals surface area contributed by atoms with E-state index in [-0.39, 0.29) is 65.6 Å². The van der Waals surface area contributed by atoms with Gasteiger partial charge >= 0.3 is 5.97 Å². The summed E-state index contributed by atoms with van der Waals surface area (Å²) in [4.78, 5) is 15.4. The van der Waals surface area contributed by atoms with Gasteiger partial charge in [-0.15, -0.1) is 0 Å². The number of methoxy groups -OCH3 is 1. The highest BCUT2D eigenvalue weighted by molar-refractivity contribution is 7.90. The minimum atomic E-state index is -4.62. The Morgan fingerprint density at radius 1 is 0.939 bits per heavy atom. The molecule has 5 aromatic carbocycles. The zero-order valence-electron chi connectivity index (χ0n) is 25.3. The lowest BCUT2D eigenvalue weighted by Gasteiger charge is -2.16. The van der Waals surface area contributed by atoms with Crippen molar-refractivity contribution < 1.29 is 31.1 Å². The smallest absolute Gasteiger partial charge is 0.337 e. The fourth-order valence-electron chi connectivity index (χ4n) is 5.71. The van der Waals surface area contributed by atoms with Gasteiger partial charge in [-0.2, -0.15) is 5.26 Å². The Labute approximate surface area is 283 Å². The molecule has 0 unspecified atom stereocenters. The van der Waals surface area contributed by atoms with Crippen molar-refractivity contribution in [2.75, 3.05) is 7.11 Å². The molecule has 0 bridgehead atoms. The first-order chi connectivity index (χ1) is 23.5. The Morgan fingerprint density at radius 3 is 2.31 bits per heavy atom. The number of aromatic nitrogens is 1. The monoisotopic (exact) mass is 695 g/mol. The number of esters is 1. The van der Waals surface area contributed by atoms with Crippen LogP contribution in [0.5, 0.6) is 0 Å². The summed E-state index contributed by atoms with van der Waals surface area (Å²) in [6, 6.07) is 25.2. The van der Waals surface area contributed by atoms with E-state index in [1.54, 1.807) is 30.3 Å². The first-order valence-electron chi connectivity index (χ1n) is 14.4. The predicted molar refractivity (Wildman–Crippen MR) is 180 cm³/mol. The maximum absolute atomic E-state index is 15.0. The number of alkyl halides is 2. The standard InChI is InChI=1S/C37H21ClF3N3O4S/c1-43-31-8-4-7-25(20-42)33(31)34-29-19-26(39)12-16-32(29)44(49(46,47)27-13-9-21(10-14-27)36(40)41)35(34)23-6-3-5-22(17-23)28-15-11-24(18-30(28)38)37(45)48-2/h3-19,36H,2H3. The Balaban J connectivity index is 1.74. The molecule has 1 aromatic heterocycles. The van der Waals surface area contributed by atoms with Crippen molar-refractivity contribution >= 4 is 44.2 Å². The van der Waals surface area contributed by atoms with Gasteiger partial charge in [0, 0.05) is 43.8 Å². The maximum atomic E-state index is 15.0. The average molecular weight is 696 g/mol. The van der Waals surface area contributed by atoms with Gasteiger partial charge in [0.1, 0.15) is 5.82 Å². The first kappa shape index (κ1) is 33.0. The van der Waals surface area contributed by atoms with Crippen LogP contribution in [0.15, 0.2) is 108 Å². The lowest BCUT2D eigenvalue weighted by atomic mass is 9.92. The fraction of sp³-hybridized carbons (Fsp3) is 0.0541. The number of nitriles is 1. The molecule has 0 saturated carbocycles. The van der Waals surface area contributed by atoms with E-state index in [1.165, 1.54) is 43.5 Å². The third-order valence-corrected chi connectivity index (χ3v) is 9.97. The number of nitrogens with zero attached hydrogens (tertiary/aromatic N) is 3. The van der Waals surface area contributed by atoms with Gasteiger partial charge in [0.05, 0.1) is 41.4 Å². The molecule has 1 heterocycles. The van der Waals surface area contributed by atoms with Crippen LogP contribution in [0.1, 0.15) is 27.9 Å². The Morgan fingerprint density at radius 2 is 1.65 bits per heavy atom. The van der Waals surface area contributed by atoms with E-state index >= 15 is 4.39 Å². The highest BCUT2D eigenvalue weighted by Crippen LogP contribution is 2.48. The summed E-state index contributed by atoms with van der Waals surface area (Å²) in [5.74, 6) is -1.30. The van der Waals surface area contributed by atoms with E-state index in [0.717, 1.165) is 40.4 Å². The van der Waals surface area contributed by atoms with Crippen LogP contribution in [-0.2, 0) is 14.8 Å². The van der Waals surface area contributed by atoms with E-state index in [9.17, 15) is 27.3 Å². The van der Waals surface area contributed by atoms with Crippen LogP contribution in [0.25, 0.3) is 49.3 Å². The number of ether oxygens (including phenoxy) is 1. The molecule has 0 radical (unpaired) electrons. The number of benzene rings is 5. The number of hydrogen-bond donors (Lipinski definition) is 0. The number of fused-ring (bicyclic) bond motifs is 1. The summed E-state index contributed by atoms with van der Waals surface area (Å²) in [6.45, 7) is 7.89. The van der Waals surface area contributed by atoms with Gasteiger partial charge in [-0.05, 0) is 60.2 Å². The van der Waals surface area contributed by atoms with Crippen LogP contribution in [-0.4, -0.2) is 25.5 Å². The first-order valence-corrected chi connectivity index (χ1v) is 16.2. The lowest BCUT2D eigenvalue weighted by Crippen LogP contribution is -2.14. The molecular weight excluding hydrogens is 675 g/mol. The molecule has 242 valence electrons. The molecule has 0 aliphatic heterocycles. The summed E-state index contributed by atoms with van der Waals surface area (Å²) in [5, 5.41) is 10.4. The molecule has 7 nitrogen and oxygen atoms in total. The summed E-state index contributed by atoms with van der Waals surface area (Å²) in [7, 11) is -3.38. The Hall–Kier alpha value is -5.88. The van der Waals surface area contributed by atoms with Crippen LogP contribution < -0.4 is 0 Å². The van der Waals surface area contributed by atoms with Crippen molar-refractivity contribution in [1.82, 2.24) is 3.97 Å². The van der Waals surface area contributed by atoms with Crippen LogP contribution >= 0.6 is 11.6 Å². The van der Waals surface area contributed by atoms with Gasteiger partial charge in [-0.1, -0.05) is 60.1 Å². The second kappa shape index (κ2) is 13.0. The topological polar surface area (TPSA) is 93.5 Å². The molecule has 0 aliphatic rings. The zero-order valence-corrected chi connectivity index (χ0v) is 26.9. The van der Waals surface area contributed by atoms with Crippen LogP contribution in [0.3, 0.4) is 0 Å². The number of hydrogen-bond acceptors (Lipinski definition) is 5. The van der Waals surface area contributed by atoms with Gasteiger partial charge in [0.25, 0.3) is 16.4 Å². The second-order valence-electron chi connectivity index (χ2n) is 10.7.